The molecule has 1 saturated heterocycles. The van der Waals surface area contributed by atoms with E-state index in [1.807, 2.05) is 49.4 Å². The predicted molar refractivity (Wildman–Crippen MR) is 104 cm³/mol. The fraction of sp³-hybridized carbons (Fsp3) is 0.286. The van der Waals surface area contributed by atoms with E-state index >= 15 is 0 Å². The van der Waals surface area contributed by atoms with Crippen molar-refractivity contribution in [3.05, 3.63) is 65.7 Å². The van der Waals surface area contributed by atoms with Crippen LogP contribution in [-0.2, 0) is 9.59 Å². The molecule has 0 unspecified atom stereocenters. The molecule has 1 aliphatic rings. The van der Waals surface area contributed by atoms with Crippen LogP contribution in [0.4, 0.5) is 5.69 Å². The Morgan fingerprint density at radius 1 is 1.00 bits per heavy atom. The zero-order valence-corrected chi connectivity index (χ0v) is 15.4. The monoisotopic (exact) mass is 365 g/mol. The molecule has 0 spiro atoms. The number of carbonyl (C=O) groups is 3. The van der Waals surface area contributed by atoms with Crippen LogP contribution in [0.1, 0.15) is 22.3 Å². The average molecular weight is 365 g/mol. The number of amides is 3. The van der Waals surface area contributed by atoms with Gasteiger partial charge in [0.05, 0.1) is 0 Å². The molecular formula is C21H23N3O3. The van der Waals surface area contributed by atoms with Gasteiger partial charge < -0.3 is 15.1 Å². The van der Waals surface area contributed by atoms with Gasteiger partial charge in [0, 0.05) is 37.3 Å². The highest BCUT2D eigenvalue weighted by molar-refractivity contribution is 5.98. The Bertz CT molecular complexity index is 818. The third-order valence-electron chi connectivity index (χ3n) is 4.58. The minimum atomic E-state index is -0.201. The van der Waals surface area contributed by atoms with Crippen LogP contribution in [0.5, 0.6) is 0 Å². The van der Waals surface area contributed by atoms with E-state index < -0.39 is 0 Å². The first kappa shape index (κ1) is 18.6. The third kappa shape index (κ3) is 4.73. The number of carbonyl (C=O) groups excluding carboxylic acids is 3. The zero-order valence-electron chi connectivity index (χ0n) is 15.4. The molecule has 0 atom stereocenters. The van der Waals surface area contributed by atoms with Crippen molar-refractivity contribution < 1.29 is 14.4 Å². The summed E-state index contributed by atoms with van der Waals surface area (Å²) >= 11 is 0. The van der Waals surface area contributed by atoms with Crippen molar-refractivity contribution in [2.45, 2.75) is 13.3 Å². The van der Waals surface area contributed by atoms with Crippen LogP contribution in [0.2, 0.25) is 0 Å². The van der Waals surface area contributed by atoms with Gasteiger partial charge in [-0.1, -0.05) is 35.9 Å². The second-order valence-electron chi connectivity index (χ2n) is 6.57. The van der Waals surface area contributed by atoms with Gasteiger partial charge in [-0.2, -0.15) is 0 Å². The molecule has 140 valence electrons. The van der Waals surface area contributed by atoms with Crippen molar-refractivity contribution in [2.75, 3.05) is 31.1 Å². The van der Waals surface area contributed by atoms with E-state index in [2.05, 4.69) is 5.32 Å². The molecule has 0 aliphatic carbocycles. The van der Waals surface area contributed by atoms with Gasteiger partial charge in [-0.25, -0.2) is 0 Å². The maximum Gasteiger partial charge on any atom is 0.251 e. The Balaban J connectivity index is 1.46. The normalized spacial score (nSPS) is 14.2. The Kier molecular flexibility index (Phi) is 5.86. The zero-order chi connectivity index (χ0) is 19.2. The lowest BCUT2D eigenvalue weighted by Crippen LogP contribution is -2.52. The van der Waals surface area contributed by atoms with Gasteiger partial charge in [-0.3, -0.25) is 14.4 Å². The molecule has 6 nitrogen and oxygen atoms in total. The van der Waals surface area contributed by atoms with E-state index in [0.717, 1.165) is 11.3 Å². The fourth-order valence-corrected chi connectivity index (χ4v) is 3.02. The standard InChI is InChI=1S/C21H23N3O3/c1-16-7-9-17(10-8-16)21(27)22-12-11-19(25)23-13-14-24(20(26)15-23)18-5-3-2-4-6-18/h2-10H,11-15H2,1H3,(H,22,27). The van der Waals surface area contributed by atoms with Crippen LogP contribution in [0.3, 0.4) is 0 Å². The van der Waals surface area contributed by atoms with Gasteiger partial charge in [-0.05, 0) is 31.2 Å². The lowest BCUT2D eigenvalue weighted by molar-refractivity contribution is -0.136. The molecule has 0 bridgehead atoms. The number of hydrogen-bond donors (Lipinski definition) is 1. The topological polar surface area (TPSA) is 69.7 Å². The SMILES string of the molecule is Cc1ccc(C(=O)NCCC(=O)N2CCN(c3ccccc3)C(=O)C2)cc1. The van der Waals surface area contributed by atoms with Crippen LogP contribution < -0.4 is 10.2 Å². The molecule has 1 N–H and O–H groups in total. The maximum absolute atomic E-state index is 12.4. The molecule has 1 aliphatic heterocycles. The Labute approximate surface area is 158 Å². The van der Waals surface area contributed by atoms with Gasteiger partial charge in [0.1, 0.15) is 6.54 Å². The number of nitrogens with one attached hydrogen (secondary N) is 1. The molecule has 1 fully saturated rings. The minimum absolute atomic E-state index is 0.0691. The summed E-state index contributed by atoms with van der Waals surface area (Å²) in [6.45, 7) is 3.24. The Morgan fingerprint density at radius 3 is 2.37 bits per heavy atom. The summed E-state index contributed by atoms with van der Waals surface area (Å²) in [5.41, 5.74) is 2.50. The molecule has 2 aromatic carbocycles. The number of nitrogens with zero attached hydrogens (tertiary/aromatic N) is 2. The number of benzene rings is 2. The van der Waals surface area contributed by atoms with E-state index in [0.29, 0.717) is 18.7 Å². The summed E-state index contributed by atoms with van der Waals surface area (Å²) in [7, 11) is 0. The van der Waals surface area contributed by atoms with Gasteiger partial charge in [0.2, 0.25) is 11.8 Å². The van der Waals surface area contributed by atoms with Crippen LogP contribution >= 0.6 is 0 Å². The van der Waals surface area contributed by atoms with Crippen molar-refractivity contribution in [3.63, 3.8) is 0 Å². The van der Waals surface area contributed by atoms with Crippen molar-refractivity contribution in [2.24, 2.45) is 0 Å². The minimum Gasteiger partial charge on any atom is -0.352 e. The predicted octanol–water partition coefficient (Wildman–Crippen LogP) is 1.99. The molecule has 3 amide bonds. The van der Waals surface area contributed by atoms with E-state index in [1.54, 1.807) is 21.9 Å². The third-order valence-corrected chi connectivity index (χ3v) is 4.58. The molecule has 1 heterocycles. The van der Waals surface area contributed by atoms with Crippen molar-refractivity contribution >= 4 is 23.4 Å². The highest BCUT2D eigenvalue weighted by Crippen LogP contribution is 2.16. The molecule has 6 heteroatoms. The van der Waals surface area contributed by atoms with Crippen LogP contribution in [-0.4, -0.2) is 48.8 Å². The average Bonchev–Trinajstić information content (AvgIpc) is 2.69. The molecule has 0 radical (unpaired) electrons. The summed E-state index contributed by atoms with van der Waals surface area (Å²) in [6, 6.07) is 16.7. The van der Waals surface area contributed by atoms with Crippen LogP contribution in [0, 0.1) is 6.92 Å². The van der Waals surface area contributed by atoms with Gasteiger partial charge in [-0.15, -0.1) is 0 Å². The summed E-state index contributed by atoms with van der Waals surface area (Å²) < 4.78 is 0. The van der Waals surface area contributed by atoms with E-state index in [1.165, 1.54) is 0 Å². The lowest BCUT2D eigenvalue weighted by Gasteiger charge is -2.34. The molecule has 3 rings (SSSR count). The molecule has 0 saturated carbocycles. The number of para-hydroxylation sites is 1. The van der Waals surface area contributed by atoms with Crippen molar-refractivity contribution in [1.82, 2.24) is 10.2 Å². The molecule has 2 aromatic rings. The lowest BCUT2D eigenvalue weighted by atomic mass is 10.1. The summed E-state index contributed by atoms with van der Waals surface area (Å²) in [5.74, 6) is -0.419. The summed E-state index contributed by atoms with van der Waals surface area (Å²) in [6.07, 6.45) is 0.177. The number of rotatable bonds is 5. The number of piperazine rings is 1. The first-order chi connectivity index (χ1) is 13.0. The number of hydrogen-bond acceptors (Lipinski definition) is 3. The van der Waals surface area contributed by atoms with Gasteiger partial charge in [0.15, 0.2) is 0 Å². The fourth-order valence-electron chi connectivity index (χ4n) is 3.02. The Hall–Kier alpha value is -3.15. The first-order valence-electron chi connectivity index (χ1n) is 9.02. The second kappa shape index (κ2) is 8.49. The summed E-state index contributed by atoms with van der Waals surface area (Å²) in [4.78, 5) is 40.0. The molecule has 0 aromatic heterocycles. The smallest absolute Gasteiger partial charge is 0.251 e. The second-order valence-corrected chi connectivity index (χ2v) is 6.57. The number of aryl methyl sites for hydroxylation is 1. The summed E-state index contributed by atoms with van der Waals surface area (Å²) in [5, 5.41) is 2.75. The van der Waals surface area contributed by atoms with Crippen LogP contribution in [0.25, 0.3) is 0 Å². The number of anilines is 1. The van der Waals surface area contributed by atoms with E-state index in [-0.39, 0.29) is 37.2 Å². The van der Waals surface area contributed by atoms with Crippen LogP contribution in [0.15, 0.2) is 54.6 Å². The van der Waals surface area contributed by atoms with Crippen molar-refractivity contribution in [3.8, 4) is 0 Å². The van der Waals surface area contributed by atoms with Crippen molar-refractivity contribution in [1.29, 1.82) is 0 Å². The highest BCUT2D eigenvalue weighted by atomic mass is 16.2. The van der Waals surface area contributed by atoms with Gasteiger partial charge in [0.25, 0.3) is 5.91 Å². The quantitative estimate of drug-likeness (QED) is 0.881. The van der Waals surface area contributed by atoms with E-state index in [4.69, 9.17) is 0 Å². The first-order valence-corrected chi connectivity index (χ1v) is 9.02. The molecule has 27 heavy (non-hydrogen) atoms. The Morgan fingerprint density at radius 2 is 1.70 bits per heavy atom. The van der Waals surface area contributed by atoms with E-state index in [9.17, 15) is 14.4 Å². The van der Waals surface area contributed by atoms with Gasteiger partial charge >= 0.3 is 0 Å². The maximum atomic E-state index is 12.4. The molecular weight excluding hydrogens is 342 g/mol. The largest absolute Gasteiger partial charge is 0.352 e. The highest BCUT2D eigenvalue weighted by Gasteiger charge is 2.27.